The van der Waals surface area contributed by atoms with Gasteiger partial charge < -0.3 is 14.4 Å². The van der Waals surface area contributed by atoms with Crippen molar-refractivity contribution in [3.05, 3.63) is 12.4 Å². The fourth-order valence-electron chi connectivity index (χ4n) is 3.29. The third-order valence-electron chi connectivity index (χ3n) is 4.54. The fraction of sp³-hybridized carbons (Fsp3) is 0.692. The normalized spacial score (nSPS) is 25.8. The zero-order valence-electron chi connectivity index (χ0n) is 12.2. The van der Waals surface area contributed by atoms with Gasteiger partial charge in [-0.15, -0.1) is 0 Å². The SMILES string of the molecule is COC[C@H]1CCS(=O)(=O)C12CN(c1cc(OC)ncn1)C2. The summed E-state index contributed by atoms with van der Waals surface area (Å²) in [6.07, 6.45) is 2.10. The van der Waals surface area contributed by atoms with Crippen molar-refractivity contribution in [2.24, 2.45) is 5.92 Å². The first-order chi connectivity index (χ1) is 10.0. The summed E-state index contributed by atoms with van der Waals surface area (Å²) in [7, 11) is 0.0827. The van der Waals surface area contributed by atoms with Crippen molar-refractivity contribution in [1.29, 1.82) is 0 Å². The molecule has 2 saturated heterocycles. The maximum absolute atomic E-state index is 12.4. The molecule has 0 N–H and O–H groups in total. The Morgan fingerprint density at radius 2 is 2.14 bits per heavy atom. The van der Waals surface area contributed by atoms with Crippen molar-refractivity contribution in [3.63, 3.8) is 0 Å². The highest BCUT2D eigenvalue weighted by atomic mass is 32.2. The third kappa shape index (κ3) is 2.17. The zero-order valence-corrected chi connectivity index (χ0v) is 13.0. The molecule has 1 atom stereocenters. The van der Waals surface area contributed by atoms with Crippen LogP contribution in [0.15, 0.2) is 12.4 Å². The lowest BCUT2D eigenvalue weighted by Crippen LogP contribution is -2.68. The Kier molecular flexibility index (Phi) is 3.53. The van der Waals surface area contributed by atoms with Gasteiger partial charge in [0, 0.05) is 32.2 Å². The van der Waals surface area contributed by atoms with Crippen molar-refractivity contribution >= 4 is 15.7 Å². The molecule has 7 nitrogen and oxygen atoms in total. The van der Waals surface area contributed by atoms with E-state index in [2.05, 4.69) is 9.97 Å². The Morgan fingerprint density at radius 1 is 1.38 bits per heavy atom. The highest BCUT2D eigenvalue weighted by Crippen LogP contribution is 2.45. The molecule has 0 aromatic carbocycles. The fourth-order valence-corrected chi connectivity index (χ4v) is 5.69. The number of aromatic nitrogens is 2. The quantitative estimate of drug-likeness (QED) is 0.781. The van der Waals surface area contributed by atoms with Gasteiger partial charge in [0.15, 0.2) is 9.84 Å². The topological polar surface area (TPSA) is 81.6 Å². The largest absolute Gasteiger partial charge is 0.481 e. The Bertz CT molecular complexity index is 628. The van der Waals surface area contributed by atoms with E-state index in [4.69, 9.17) is 9.47 Å². The zero-order chi connectivity index (χ0) is 15.1. The van der Waals surface area contributed by atoms with Gasteiger partial charge in [-0.2, -0.15) is 0 Å². The number of ether oxygens (including phenoxy) is 2. The van der Waals surface area contributed by atoms with Crippen LogP contribution in [-0.4, -0.2) is 62.8 Å². The van der Waals surface area contributed by atoms with E-state index in [1.165, 1.54) is 6.33 Å². The van der Waals surface area contributed by atoms with Crippen molar-refractivity contribution in [1.82, 2.24) is 9.97 Å². The number of sulfone groups is 1. The first-order valence-corrected chi connectivity index (χ1v) is 8.50. The van der Waals surface area contributed by atoms with Crippen LogP contribution in [0.25, 0.3) is 0 Å². The van der Waals surface area contributed by atoms with Crippen molar-refractivity contribution in [2.75, 3.05) is 44.6 Å². The van der Waals surface area contributed by atoms with Crippen molar-refractivity contribution < 1.29 is 17.9 Å². The summed E-state index contributed by atoms with van der Waals surface area (Å²) in [6, 6.07) is 1.72. The Morgan fingerprint density at radius 3 is 2.81 bits per heavy atom. The number of methoxy groups -OCH3 is 2. The van der Waals surface area contributed by atoms with Crippen LogP contribution in [0, 0.1) is 5.92 Å². The minimum absolute atomic E-state index is 0.0625. The van der Waals surface area contributed by atoms with E-state index in [0.29, 0.717) is 37.8 Å². The Labute approximate surface area is 124 Å². The monoisotopic (exact) mass is 313 g/mol. The highest BCUT2D eigenvalue weighted by molar-refractivity contribution is 7.93. The third-order valence-corrected chi connectivity index (χ3v) is 7.15. The number of rotatable bonds is 4. The molecule has 1 spiro atoms. The predicted octanol–water partition coefficient (Wildman–Crippen LogP) is 0.125. The summed E-state index contributed by atoms with van der Waals surface area (Å²) >= 11 is 0. The van der Waals surface area contributed by atoms with Gasteiger partial charge in [0.05, 0.1) is 19.5 Å². The van der Waals surface area contributed by atoms with Gasteiger partial charge in [0.2, 0.25) is 5.88 Å². The Balaban J connectivity index is 1.81. The van der Waals surface area contributed by atoms with E-state index in [1.807, 2.05) is 4.90 Å². The lowest BCUT2D eigenvalue weighted by Gasteiger charge is -2.50. The molecule has 3 rings (SSSR count). The molecule has 0 amide bonds. The molecule has 3 heterocycles. The lowest BCUT2D eigenvalue weighted by atomic mass is 9.83. The molecule has 0 unspecified atom stereocenters. The van der Waals surface area contributed by atoms with Crippen LogP contribution in [0.2, 0.25) is 0 Å². The number of anilines is 1. The first kappa shape index (κ1) is 14.5. The number of nitrogens with zero attached hydrogens (tertiary/aromatic N) is 3. The summed E-state index contributed by atoms with van der Waals surface area (Å²) < 4.78 is 34.4. The van der Waals surface area contributed by atoms with Crippen molar-refractivity contribution in [3.8, 4) is 5.88 Å². The maximum Gasteiger partial charge on any atom is 0.218 e. The van der Waals surface area contributed by atoms with Gasteiger partial charge in [0.25, 0.3) is 0 Å². The molecule has 2 aliphatic rings. The summed E-state index contributed by atoms with van der Waals surface area (Å²) in [4.78, 5) is 10.1. The molecule has 116 valence electrons. The van der Waals surface area contributed by atoms with E-state index >= 15 is 0 Å². The van der Waals surface area contributed by atoms with Crippen LogP contribution in [0.3, 0.4) is 0 Å². The van der Waals surface area contributed by atoms with Crippen LogP contribution in [0.4, 0.5) is 5.82 Å². The van der Waals surface area contributed by atoms with Crippen LogP contribution in [-0.2, 0) is 14.6 Å². The second-order valence-corrected chi connectivity index (χ2v) is 8.05. The first-order valence-electron chi connectivity index (χ1n) is 6.84. The maximum atomic E-state index is 12.4. The summed E-state index contributed by atoms with van der Waals surface area (Å²) in [5.41, 5.74) is 0. The molecular weight excluding hydrogens is 294 g/mol. The smallest absolute Gasteiger partial charge is 0.218 e. The van der Waals surface area contributed by atoms with Crippen molar-refractivity contribution in [2.45, 2.75) is 11.2 Å². The molecule has 1 aromatic heterocycles. The van der Waals surface area contributed by atoms with E-state index in [1.54, 1.807) is 20.3 Å². The summed E-state index contributed by atoms with van der Waals surface area (Å²) in [5, 5.41) is 0. The molecule has 8 heteroatoms. The van der Waals surface area contributed by atoms with E-state index in [9.17, 15) is 8.42 Å². The highest BCUT2D eigenvalue weighted by Gasteiger charge is 2.61. The van der Waals surface area contributed by atoms with Gasteiger partial charge in [-0.3, -0.25) is 0 Å². The van der Waals surface area contributed by atoms with Crippen LogP contribution in [0.5, 0.6) is 5.88 Å². The minimum atomic E-state index is -3.07. The van der Waals surface area contributed by atoms with Gasteiger partial charge in [-0.1, -0.05) is 0 Å². The summed E-state index contributed by atoms with van der Waals surface area (Å²) in [6.45, 7) is 1.41. The molecule has 0 aliphatic carbocycles. The molecule has 2 aliphatic heterocycles. The average molecular weight is 313 g/mol. The van der Waals surface area contributed by atoms with Crippen LogP contribution < -0.4 is 9.64 Å². The standard InChI is InChI=1S/C13H19N3O4S/c1-19-6-10-3-4-21(17,18)13(10)7-16(8-13)11-5-12(20-2)15-9-14-11/h5,9-10H,3-4,6-8H2,1-2H3/t10-/m1/s1. The molecular formula is C13H19N3O4S. The van der Waals surface area contributed by atoms with E-state index in [0.717, 1.165) is 0 Å². The predicted molar refractivity (Wildman–Crippen MR) is 77.3 cm³/mol. The molecule has 0 saturated carbocycles. The number of hydrogen-bond donors (Lipinski definition) is 0. The summed E-state index contributed by atoms with van der Waals surface area (Å²) in [5.74, 6) is 1.49. The molecule has 1 aromatic rings. The van der Waals surface area contributed by atoms with Crippen LogP contribution in [0.1, 0.15) is 6.42 Å². The molecule has 21 heavy (non-hydrogen) atoms. The second-order valence-electron chi connectivity index (χ2n) is 5.60. The number of hydrogen-bond acceptors (Lipinski definition) is 7. The molecule has 0 bridgehead atoms. The Hall–Kier alpha value is -1.41. The minimum Gasteiger partial charge on any atom is -0.481 e. The van der Waals surface area contributed by atoms with Gasteiger partial charge in [-0.25, -0.2) is 18.4 Å². The second kappa shape index (κ2) is 5.10. The van der Waals surface area contributed by atoms with E-state index < -0.39 is 14.6 Å². The molecule has 2 fully saturated rings. The van der Waals surface area contributed by atoms with Crippen LogP contribution >= 0.6 is 0 Å². The van der Waals surface area contributed by atoms with Gasteiger partial charge in [-0.05, 0) is 6.42 Å². The van der Waals surface area contributed by atoms with E-state index in [-0.39, 0.29) is 11.7 Å². The average Bonchev–Trinajstić information content (AvgIpc) is 2.69. The lowest BCUT2D eigenvalue weighted by molar-refractivity contribution is 0.123. The van der Waals surface area contributed by atoms with Gasteiger partial charge in [0.1, 0.15) is 16.9 Å². The van der Waals surface area contributed by atoms with Gasteiger partial charge >= 0.3 is 0 Å². The molecule has 0 radical (unpaired) electrons.